The maximum absolute atomic E-state index is 5.90. The lowest BCUT2D eigenvalue weighted by Gasteiger charge is -2.34. The van der Waals surface area contributed by atoms with Crippen molar-refractivity contribution in [3.05, 3.63) is 0 Å². The van der Waals surface area contributed by atoms with Crippen LogP contribution in [0.25, 0.3) is 0 Å². The van der Waals surface area contributed by atoms with Gasteiger partial charge in [-0.1, -0.05) is 27.2 Å². The number of rotatable bonds is 10. The molecule has 0 fully saturated rings. The third-order valence-corrected chi connectivity index (χ3v) is 3.24. The van der Waals surface area contributed by atoms with Crippen molar-refractivity contribution >= 4 is 0 Å². The SMILES string of the molecule is CCCC(C)C(CN)N(CC)CCOCC. The average Bonchev–Trinajstić information content (AvgIpc) is 2.28. The second kappa shape index (κ2) is 10.1. The molecule has 3 heteroatoms. The maximum Gasteiger partial charge on any atom is 0.0593 e. The summed E-state index contributed by atoms with van der Waals surface area (Å²) in [5.41, 5.74) is 5.90. The summed E-state index contributed by atoms with van der Waals surface area (Å²) in [4.78, 5) is 2.45. The lowest BCUT2D eigenvalue weighted by molar-refractivity contribution is 0.0820. The maximum atomic E-state index is 5.90. The molecule has 0 aromatic carbocycles. The van der Waals surface area contributed by atoms with Crippen molar-refractivity contribution in [2.75, 3.05) is 32.8 Å². The predicted molar refractivity (Wildman–Crippen MR) is 70.7 cm³/mol. The molecule has 0 spiro atoms. The zero-order valence-corrected chi connectivity index (χ0v) is 11.5. The Hall–Kier alpha value is -0.120. The van der Waals surface area contributed by atoms with Crippen molar-refractivity contribution in [1.29, 1.82) is 0 Å². The van der Waals surface area contributed by atoms with Gasteiger partial charge in [0, 0.05) is 25.7 Å². The van der Waals surface area contributed by atoms with Crippen molar-refractivity contribution < 1.29 is 4.74 Å². The molecule has 2 atom stereocenters. The monoisotopic (exact) mass is 230 g/mol. The normalized spacial score (nSPS) is 15.4. The highest BCUT2D eigenvalue weighted by molar-refractivity contribution is 4.77. The fourth-order valence-corrected chi connectivity index (χ4v) is 2.27. The molecule has 2 unspecified atom stereocenters. The molecule has 2 N–H and O–H groups in total. The molecule has 0 saturated carbocycles. The molecule has 0 rings (SSSR count). The zero-order valence-electron chi connectivity index (χ0n) is 11.5. The second-order valence-electron chi connectivity index (χ2n) is 4.39. The Morgan fingerprint density at radius 2 is 1.94 bits per heavy atom. The number of likely N-dealkylation sites (N-methyl/N-ethyl adjacent to an activating group) is 1. The fraction of sp³-hybridized carbons (Fsp3) is 1.00. The molecule has 0 aliphatic rings. The van der Waals surface area contributed by atoms with Crippen molar-refractivity contribution in [3.63, 3.8) is 0 Å². The summed E-state index contributed by atoms with van der Waals surface area (Å²) < 4.78 is 5.42. The van der Waals surface area contributed by atoms with E-state index in [-0.39, 0.29) is 0 Å². The first kappa shape index (κ1) is 15.9. The Balaban J connectivity index is 4.14. The first-order chi connectivity index (χ1) is 7.71. The van der Waals surface area contributed by atoms with Crippen LogP contribution in [0.1, 0.15) is 40.5 Å². The molecule has 0 amide bonds. The third-order valence-electron chi connectivity index (χ3n) is 3.24. The molecule has 3 nitrogen and oxygen atoms in total. The van der Waals surface area contributed by atoms with Gasteiger partial charge in [0.25, 0.3) is 0 Å². The van der Waals surface area contributed by atoms with Gasteiger partial charge in [-0.15, -0.1) is 0 Å². The van der Waals surface area contributed by atoms with E-state index in [1.165, 1.54) is 12.8 Å². The number of hydrogen-bond donors (Lipinski definition) is 1. The van der Waals surface area contributed by atoms with Gasteiger partial charge in [0.05, 0.1) is 6.61 Å². The Bertz CT molecular complexity index is 153. The van der Waals surface area contributed by atoms with E-state index in [1.54, 1.807) is 0 Å². The zero-order chi connectivity index (χ0) is 12.4. The lowest BCUT2D eigenvalue weighted by atomic mass is 9.95. The standard InChI is InChI=1S/C13H30N2O/c1-5-8-12(4)13(11-14)15(6-2)9-10-16-7-3/h12-13H,5-11,14H2,1-4H3. The van der Waals surface area contributed by atoms with E-state index in [0.29, 0.717) is 12.0 Å². The third kappa shape index (κ3) is 5.83. The molecule has 0 aliphatic heterocycles. The van der Waals surface area contributed by atoms with Gasteiger partial charge in [0.1, 0.15) is 0 Å². The number of ether oxygens (including phenoxy) is 1. The van der Waals surface area contributed by atoms with Crippen LogP contribution in [0.3, 0.4) is 0 Å². The summed E-state index contributed by atoms with van der Waals surface area (Å²) in [5, 5.41) is 0. The molecule has 16 heavy (non-hydrogen) atoms. The second-order valence-corrected chi connectivity index (χ2v) is 4.39. The quantitative estimate of drug-likeness (QED) is 0.584. The minimum atomic E-state index is 0.505. The largest absolute Gasteiger partial charge is 0.380 e. The first-order valence-corrected chi connectivity index (χ1v) is 6.72. The minimum absolute atomic E-state index is 0.505. The van der Waals surface area contributed by atoms with Crippen molar-refractivity contribution in [2.24, 2.45) is 11.7 Å². The smallest absolute Gasteiger partial charge is 0.0593 e. The summed E-state index contributed by atoms with van der Waals surface area (Å²) >= 11 is 0. The van der Waals surface area contributed by atoms with Gasteiger partial charge in [0.15, 0.2) is 0 Å². The summed E-state index contributed by atoms with van der Waals surface area (Å²) in [6.45, 7) is 13.2. The van der Waals surface area contributed by atoms with Crippen molar-refractivity contribution in [1.82, 2.24) is 4.90 Å². The molecule has 98 valence electrons. The highest BCUT2D eigenvalue weighted by Gasteiger charge is 2.21. The molecule has 0 aromatic rings. The Labute approximate surface area is 101 Å². The summed E-state index contributed by atoms with van der Waals surface area (Å²) in [6.07, 6.45) is 2.49. The van der Waals surface area contributed by atoms with E-state index >= 15 is 0 Å². The highest BCUT2D eigenvalue weighted by Crippen LogP contribution is 2.15. The average molecular weight is 230 g/mol. The summed E-state index contributed by atoms with van der Waals surface area (Å²) in [7, 11) is 0. The predicted octanol–water partition coefficient (Wildman–Crippen LogP) is 2.11. The van der Waals surface area contributed by atoms with E-state index in [1.807, 2.05) is 6.92 Å². The summed E-state index contributed by atoms with van der Waals surface area (Å²) in [6, 6.07) is 0.505. The molecular weight excluding hydrogens is 200 g/mol. The molecule has 0 aliphatic carbocycles. The van der Waals surface area contributed by atoms with Crippen LogP contribution >= 0.6 is 0 Å². The number of hydrogen-bond acceptors (Lipinski definition) is 3. The van der Waals surface area contributed by atoms with Crippen molar-refractivity contribution in [3.8, 4) is 0 Å². The number of nitrogens with two attached hydrogens (primary N) is 1. The van der Waals surface area contributed by atoms with Crippen LogP contribution in [0.15, 0.2) is 0 Å². The molecule has 0 heterocycles. The molecule has 0 radical (unpaired) electrons. The van der Waals surface area contributed by atoms with Crippen LogP contribution in [0.4, 0.5) is 0 Å². The van der Waals surface area contributed by atoms with Gasteiger partial charge in [-0.3, -0.25) is 4.90 Å². The van der Waals surface area contributed by atoms with E-state index in [2.05, 4.69) is 25.7 Å². The van der Waals surface area contributed by atoms with E-state index < -0.39 is 0 Å². The Kier molecular flexibility index (Phi) is 9.99. The molecule has 0 aromatic heterocycles. The molecule has 0 bridgehead atoms. The molecule has 0 saturated heterocycles. The van der Waals surface area contributed by atoms with E-state index in [9.17, 15) is 0 Å². The van der Waals surface area contributed by atoms with Gasteiger partial charge >= 0.3 is 0 Å². The van der Waals surface area contributed by atoms with Gasteiger partial charge in [-0.2, -0.15) is 0 Å². The van der Waals surface area contributed by atoms with Crippen LogP contribution in [-0.2, 0) is 4.74 Å². The van der Waals surface area contributed by atoms with Gasteiger partial charge in [-0.05, 0) is 25.8 Å². The Morgan fingerprint density at radius 1 is 1.25 bits per heavy atom. The van der Waals surface area contributed by atoms with Gasteiger partial charge < -0.3 is 10.5 Å². The topological polar surface area (TPSA) is 38.5 Å². The van der Waals surface area contributed by atoms with Crippen LogP contribution in [-0.4, -0.2) is 43.8 Å². The van der Waals surface area contributed by atoms with E-state index in [0.717, 1.165) is 32.8 Å². The van der Waals surface area contributed by atoms with Crippen LogP contribution < -0.4 is 5.73 Å². The van der Waals surface area contributed by atoms with Gasteiger partial charge in [0.2, 0.25) is 0 Å². The number of nitrogens with zero attached hydrogens (tertiary/aromatic N) is 1. The van der Waals surface area contributed by atoms with Crippen molar-refractivity contribution in [2.45, 2.75) is 46.6 Å². The summed E-state index contributed by atoms with van der Waals surface area (Å²) in [5.74, 6) is 0.677. The lowest BCUT2D eigenvalue weighted by Crippen LogP contribution is -2.46. The first-order valence-electron chi connectivity index (χ1n) is 6.72. The minimum Gasteiger partial charge on any atom is -0.380 e. The van der Waals surface area contributed by atoms with Gasteiger partial charge in [-0.25, -0.2) is 0 Å². The Morgan fingerprint density at radius 3 is 2.38 bits per heavy atom. The van der Waals surface area contributed by atoms with E-state index in [4.69, 9.17) is 10.5 Å². The highest BCUT2D eigenvalue weighted by atomic mass is 16.5. The molecular formula is C13H30N2O. The van der Waals surface area contributed by atoms with Crippen LogP contribution in [0, 0.1) is 5.92 Å². The van der Waals surface area contributed by atoms with Crippen LogP contribution in [0.5, 0.6) is 0 Å². The van der Waals surface area contributed by atoms with Crippen LogP contribution in [0.2, 0.25) is 0 Å². The fourth-order valence-electron chi connectivity index (χ4n) is 2.27.